The second-order valence-electron chi connectivity index (χ2n) is 9.27. The summed E-state index contributed by atoms with van der Waals surface area (Å²) >= 11 is 8.13. The zero-order valence-corrected chi connectivity index (χ0v) is 22.4. The van der Waals surface area contributed by atoms with Crippen LogP contribution in [0.1, 0.15) is 50.5 Å². The molecule has 4 rings (SSSR count). The van der Waals surface area contributed by atoms with Crippen molar-refractivity contribution in [1.29, 1.82) is 0 Å². The Bertz CT molecular complexity index is 1320. The fraction of sp³-hybridized carbons (Fsp3) is 0.346. The van der Waals surface area contributed by atoms with Crippen molar-refractivity contribution >= 4 is 52.2 Å². The smallest absolute Gasteiger partial charge is 0.416 e. The minimum Gasteiger partial charge on any atom is -0.464 e. The standard InChI is InChI=1S/C26H27ClN4O6S/c1-15(2)37-25(32)29-17-5-3-16(4-6-17)24-28-14-23(38-24)21-12-11-20(13-22(21)27)30(26(33)34)18-7-9-19(10-8-18)31(35)36/h7-17H,3-6H2,1-2H3,(H,29,32)(H,33,34). The number of benzene rings is 2. The van der Waals surface area contributed by atoms with Crippen LogP contribution in [0.3, 0.4) is 0 Å². The van der Waals surface area contributed by atoms with E-state index in [9.17, 15) is 24.8 Å². The predicted octanol–water partition coefficient (Wildman–Crippen LogP) is 7.35. The molecule has 0 bridgehead atoms. The van der Waals surface area contributed by atoms with E-state index >= 15 is 0 Å². The number of hydrogen-bond donors (Lipinski definition) is 2. The molecule has 0 saturated heterocycles. The molecule has 10 nitrogen and oxygen atoms in total. The number of carbonyl (C=O) groups excluding carboxylic acids is 1. The molecule has 0 unspecified atom stereocenters. The number of nitro groups is 1. The minimum atomic E-state index is -1.25. The summed E-state index contributed by atoms with van der Waals surface area (Å²) in [5, 5.41) is 25.0. The van der Waals surface area contributed by atoms with Crippen LogP contribution in [-0.2, 0) is 4.74 Å². The van der Waals surface area contributed by atoms with Gasteiger partial charge in [0.15, 0.2) is 0 Å². The lowest BCUT2D eigenvalue weighted by Crippen LogP contribution is -2.38. The summed E-state index contributed by atoms with van der Waals surface area (Å²) in [5.41, 5.74) is 1.17. The number of amides is 2. The van der Waals surface area contributed by atoms with Crippen LogP contribution < -0.4 is 10.2 Å². The number of nitrogens with zero attached hydrogens (tertiary/aromatic N) is 3. The van der Waals surface area contributed by atoms with Crippen LogP contribution in [0.5, 0.6) is 0 Å². The van der Waals surface area contributed by atoms with Crippen LogP contribution in [-0.4, -0.2) is 39.3 Å². The van der Waals surface area contributed by atoms with Crippen LogP contribution >= 0.6 is 22.9 Å². The number of ether oxygens (including phenoxy) is 1. The molecule has 1 heterocycles. The number of thiazole rings is 1. The Morgan fingerprint density at radius 2 is 1.82 bits per heavy atom. The summed E-state index contributed by atoms with van der Waals surface area (Å²) in [6.07, 6.45) is 3.47. The summed E-state index contributed by atoms with van der Waals surface area (Å²) < 4.78 is 5.17. The summed E-state index contributed by atoms with van der Waals surface area (Å²) in [4.78, 5) is 40.8. The van der Waals surface area contributed by atoms with E-state index in [-0.39, 0.29) is 35.5 Å². The van der Waals surface area contributed by atoms with E-state index in [1.165, 1.54) is 24.3 Å². The Hall–Kier alpha value is -3.70. The molecule has 200 valence electrons. The van der Waals surface area contributed by atoms with E-state index < -0.39 is 11.0 Å². The maximum atomic E-state index is 12.0. The molecule has 0 atom stereocenters. The molecule has 1 aromatic heterocycles. The molecule has 2 amide bonds. The summed E-state index contributed by atoms with van der Waals surface area (Å²) in [7, 11) is 0. The van der Waals surface area contributed by atoms with E-state index in [0.717, 1.165) is 46.0 Å². The van der Waals surface area contributed by atoms with Crippen LogP contribution in [0.25, 0.3) is 10.4 Å². The highest BCUT2D eigenvalue weighted by Gasteiger charge is 2.27. The first-order valence-corrected chi connectivity index (χ1v) is 13.3. The molecule has 1 aliphatic rings. The number of anilines is 2. The first kappa shape index (κ1) is 27.3. The van der Waals surface area contributed by atoms with Crippen LogP contribution in [0.4, 0.5) is 26.7 Å². The molecule has 38 heavy (non-hydrogen) atoms. The number of non-ortho nitro benzene ring substituents is 1. The molecule has 1 saturated carbocycles. The summed E-state index contributed by atoms with van der Waals surface area (Å²) in [6, 6.07) is 10.3. The zero-order chi connectivity index (χ0) is 27.4. The van der Waals surface area contributed by atoms with Gasteiger partial charge in [-0.3, -0.25) is 10.1 Å². The quantitative estimate of drug-likeness (QED) is 0.228. The highest BCUT2D eigenvalue weighted by atomic mass is 35.5. The Morgan fingerprint density at radius 1 is 1.16 bits per heavy atom. The predicted molar refractivity (Wildman–Crippen MR) is 146 cm³/mol. The number of carbonyl (C=O) groups is 2. The molecule has 3 aromatic rings. The van der Waals surface area contributed by atoms with Gasteiger partial charge in [0.2, 0.25) is 0 Å². The number of rotatable bonds is 7. The van der Waals surface area contributed by atoms with Gasteiger partial charge >= 0.3 is 12.2 Å². The maximum Gasteiger partial charge on any atom is 0.416 e. The maximum absolute atomic E-state index is 12.0. The SMILES string of the molecule is CC(C)OC(=O)NC1CCC(c2ncc(-c3ccc(N(C(=O)O)c4ccc([N+](=O)[O-])cc4)cc3Cl)s2)CC1. The van der Waals surface area contributed by atoms with Crippen LogP contribution in [0.2, 0.25) is 5.02 Å². The molecular weight excluding hydrogens is 532 g/mol. The third kappa shape index (κ3) is 6.40. The average molecular weight is 559 g/mol. The highest BCUT2D eigenvalue weighted by molar-refractivity contribution is 7.15. The fourth-order valence-electron chi connectivity index (χ4n) is 4.44. The third-order valence-corrected chi connectivity index (χ3v) is 7.76. The Morgan fingerprint density at radius 3 is 2.39 bits per heavy atom. The molecule has 0 spiro atoms. The first-order chi connectivity index (χ1) is 18.1. The van der Waals surface area contributed by atoms with Gasteiger partial charge in [0, 0.05) is 35.9 Å². The number of aromatic nitrogens is 1. The minimum absolute atomic E-state index is 0.0897. The Kier molecular flexibility index (Phi) is 8.48. The molecule has 0 aliphatic heterocycles. The second kappa shape index (κ2) is 11.8. The number of hydrogen-bond acceptors (Lipinski definition) is 7. The lowest BCUT2D eigenvalue weighted by atomic mass is 9.86. The van der Waals surface area contributed by atoms with E-state index in [2.05, 4.69) is 10.3 Å². The van der Waals surface area contributed by atoms with Gasteiger partial charge < -0.3 is 15.2 Å². The van der Waals surface area contributed by atoms with Gasteiger partial charge in [-0.25, -0.2) is 19.5 Å². The van der Waals surface area contributed by atoms with Crippen molar-refractivity contribution in [2.45, 2.75) is 57.6 Å². The lowest BCUT2D eigenvalue weighted by molar-refractivity contribution is -0.384. The molecule has 0 radical (unpaired) electrons. The van der Waals surface area contributed by atoms with Crippen molar-refractivity contribution in [2.75, 3.05) is 4.90 Å². The summed E-state index contributed by atoms with van der Waals surface area (Å²) in [6.45, 7) is 3.63. The number of nitrogens with one attached hydrogen (secondary N) is 1. The fourth-order valence-corrected chi connectivity index (χ4v) is 5.90. The van der Waals surface area contributed by atoms with Gasteiger partial charge in [-0.15, -0.1) is 11.3 Å². The number of carboxylic acid groups (broad SMARTS) is 1. The molecular formula is C26H27ClN4O6S. The van der Waals surface area contributed by atoms with Crippen molar-refractivity contribution < 1.29 is 24.4 Å². The normalized spacial score (nSPS) is 17.2. The van der Waals surface area contributed by atoms with Crippen LogP contribution in [0.15, 0.2) is 48.7 Å². The largest absolute Gasteiger partial charge is 0.464 e. The average Bonchev–Trinajstić information content (AvgIpc) is 3.34. The highest BCUT2D eigenvalue weighted by Crippen LogP contribution is 2.41. The second-order valence-corrected chi connectivity index (χ2v) is 10.7. The molecule has 2 N–H and O–H groups in total. The first-order valence-electron chi connectivity index (χ1n) is 12.1. The third-order valence-electron chi connectivity index (χ3n) is 6.25. The summed E-state index contributed by atoms with van der Waals surface area (Å²) in [5.74, 6) is 0.288. The molecule has 2 aromatic carbocycles. The topological polar surface area (TPSA) is 135 Å². The van der Waals surface area contributed by atoms with Gasteiger partial charge in [0.05, 0.1) is 37.3 Å². The molecule has 12 heteroatoms. The molecule has 1 aliphatic carbocycles. The zero-order valence-electron chi connectivity index (χ0n) is 20.8. The number of nitro benzene ring substituents is 1. The number of alkyl carbamates (subject to hydrolysis) is 1. The van der Waals surface area contributed by atoms with E-state index in [1.54, 1.807) is 35.7 Å². The van der Waals surface area contributed by atoms with E-state index in [4.69, 9.17) is 16.3 Å². The Labute approximate surface area is 228 Å². The van der Waals surface area contributed by atoms with Gasteiger partial charge in [-0.2, -0.15) is 0 Å². The van der Waals surface area contributed by atoms with Crippen LogP contribution in [0, 0.1) is 10.1 Å². The van der Waals surface area contributed by atoms with Gasteiger partial charge in [0.1, 0.15) is 0 Å². The van der Waals surface area contributed by atoms with Gasteiger partial charge in [-0.1, -0.05) is 11.6 Å². The van der Waals surface area contributed by atoms with Crippen molar-refractivity contribution in [2.24, 2.45) is 0 Å². The van der Waals surface area contributed by atoms with Gasteiger partial charge in [-0.05, 0) is 69.9 Å². The van der Waals surface area contributed by atoms with Crippen molar-refractivity contribution in [3.8, 4) is 10.4 Å². The van der Waals surface area contributed by atoms with Gasteiger partial charge in [0.25, 0.3) is 5.69 Å². The monoisotopic (exact) mass is 558 g/mol. The van der Waals surface area contributed by atoms with E-state index in [0.29, 0.717) is 10.7 Å². The molecule has 1 fully saturated rings. The van der Waals surface area contributed by atoms with E-state index in [1.807, 2.05) is 13.8 Å². The number of halogens is 1. The van der Waals surface area contributed by atoms with Crippen molar-refractivity contribution in [3.05, 3.63) is 68.8 Å². The van der Waals surface area contributed by atoms with Crippen molar-refractivity contribution in [3.63, 3.8) is 0 Å². The van der Waals surface area contributed by atoms with Crippen molar-refractivity contribution in [1.82, 2.24) is 10.3 Å². The lowest BCUT2D eigenvalue weighted by Gasteiger charge is -2.28. The Balaban J connectivity index is 1.45.